The van der Waals surface area contributed by atoms with Gasteiger partial charge in [-0.15, -0.1) is 0 Å². The molecule has 0 spiro atoms. The van der Waals surface area contributed by atoms with Crippen molar-refractivity contribution in [3.63, 3.8) is 0 Å². The Morgan fingerprint density at radius 3 is 2.34 bits per heavy atom. The second-order valence-corrected chi connectivity index (χ2v) is 12.6. The van der Waals surface area contributed by atoms with Crippen LogP contribution in [0, 0.1) is 11.3 Å². The lowest BCUT2D eigenvalue weighted by Gasteiger charge is -2.40. The van der Waals surface area contributed by atoms with Crippen LogP contribution in [0.1, 0.15) is 90.1 Å². The number of likely N-dealkylation sites (N-methyl/N-ethyl adjacent to an activating group) is 1. The zero-order chi connectivity index (χ0) is 32.9. The lowest BCUT2D eigenvalue weighted by atomic mass is 9.70. The smallest absolute Gasteiger partial charge is 0.251 e. The Hall–Kier alpha value is -2.78. The fraction of sp³-hybridized carbons (Fsp3) is 0.611. The van der Waals surface area contributed by atoms with Gasteiger partial charge >= 0.3 is 0 Å². The summed E-state index contributed by atoms with van der Waals surface area (Å²) in [5, 5.41) is 17.8. The van der Waals surface area contributed by atoms with Gasteiger partial charge in [-0.25, -0.2) is 0 Å². The van der Waals surface area contributed by atoms with Crippen LogP contribution in [-0.4, -0.2) is 78.9 Å². The molecule has 4 rings (SSSR count). The van der Waals surface area contributed by atoms with Gasteiger partial charge in [0.05, 0.1) is 13.2 Å². The molecule has 1 aliphatic heterocycles. The van der Waals surface area contributed by atoms with Crippen molar-refractivity contribution in [3.05, 3.63) is 59.7 Å². The molecule has 246 valence electrons. The second-order valence-electron chi connectivity index (χ2n) is 12.6. The molecule has 2 fully saturated rings. The highest BCUT2D eigenvalue weighted by atomic mass is 16.7. The number of hydrogen-bond acceptors (Lipinski definition) is 6. The van der Waals surface area contributed by atoms with Gasteiger partial charge in [0.15, 0.2) is 0 Å². The van der Waals surface area contributed by atoms with Gasteiger partial charge in [-0.1, -0.05) is 78.8 Å². The average Bonchev–Trinajstić information content (AvgIpc) is 3.43. The molecule has 1 saturated carbocycles. The van der Waals surface area contributed by atoms with E-state index in [-0.39, 0.29) is 24.5 Å². The van der Waals surface area contributed by atoms with Gasteiger partial charge in [-0.3, -0.25) is 14.4 Å². The summed E-state index contributed by atoms with van der Waals surface area (Å²) in [7, 11) is 3.95. The van der Waals surface area contributed by atoms with E-state index >= 15 is 0 Å². The van der Waals surface area contributed by atoms with Gasteiger partial charge in [-0.05, 0) is 79.6 Å². The molecule has 4 atom stereocenters. The standard InChI is InChI=1S/C32H46N4O4.2C2H6/c1-22-19-32(2,3)14-13-28(22)34-31(39)29-18-27(21-37)40-36(29)20-23-7-6-8-26(17-23)24-9-11-25(12-10-24)30(38)33-15-16-35(4)5;2*1-2/h6-12,17,22,27-29,37H,13-16,18-21H2,1-5H3,(H,33,38)(H,34,39);2*1-2H3/t22?,27?,28-,29?;;/m0../s1. The number of aliphatic hydroxyl groups excluding tert-OH is 1. The molecular weight excluding hydrogens is 552 g/mol. The summed E-state index contributed by atoms with van der Waals surface area (Å²) in [6.07, 6.45) is 3.25. The Morgan fingerprint density at radius 1 is 1.05 bits per heavy atom. The summed E-state index contributed by atoms with van der Waals surface area (Å²) in [5.41, 5.74) is 3.98. The Morgan fingerprint density at radius 2 is 1.73 bits per heavy atom. The molecular formula is C36H58N4O4. The van der Waals surface area contributed by atoms with Gasteiger partial charge in [0.25, 0.3) is 5.91 Å². The molecule has 3 unspecified atom stereocenters. The van der Waals surface area contributed by atoms with Gasteiger partial charge in [0, 0.05) is 31.1 Å². The first-order chi connectivity index (χ1) is 21.0. The third-order valence-electron chi connectivity index (χ3n) is 8.24. The lowest BCUT2D eigenvalue weighted by molar-refractivity contribution is -0.181. The minimum Gasteiger partial charge on any atom is -0.394 e. The first-order valence-corrected chi connectivity index (χ1v) is 16.5. The quantitative estimate of drug-likeness (QED) is 0.310. The lowest BCUT2D eigenvalue weighted by Crippen LogP contribution is -2.50. The van der Waals surface area contributed by atoms with E-state index in [0.717, 1.165) is 42.5 Å². The summed E-state index contributed by atoms with van der Waals surface area (Å²) in [6, 6.07) is 15.4. The monoisotopic (exact) mass is 610 g/mol. The van der Waals surface area contributed by atoms with Crippen molar-refractivity contribution in [2.24, 2.45) is 11.3 Å². The zero-order valence-electron chi connectivity index (χ0n) is 28.7. The highest BCUT2D eigenvalue weighted by molar-refractivity contribution is 5.94. The van der Waals surface area contributed by atoms with Crippen LogP contribution in [0.25, 0.3) is 11.1 Å². The van der Waals surface area contributed by atoms with Crippen molar-refractivity contribution in [1.29, 1.82) is 0 Å². The number of carbonyl (C=O) groups is 2. The minimum atomic E-state index is -0.451. The maximum absolute atomic E-state index is 13.4. The molecule has 1 saturated heterocycles. The summed E-state index contributed by atoms with van der Waals surface area (Å²) in [6.45, 7) is 16.5. The SMILES string of the molecule is CC.CC.CC1CC(C)(C)CC[C@@H]1NC(=O)C1CC(CO)ON1Cc1cccc(-c2ccc(C(=O)NCCN(C)C)cc2)c1. The van der Waals surface area contributed by atoms with E-state index < -0.39 is 12.1 Å². The van der Waals surface area contributed by atoms with Crippen molar-refractivity contribution in [2.75, 3.05) is 33.8 Å². The first-order valence-electron chi connectivity index (χ1n) is 16.5. The molecule has 44 heavy (non-hydrogen) atoms. The Balaban J connectivity index is 0.00000162. The normalized spacial score (nSPS) is 22.7. The van der Waals surface area contributed by atoms with Crippen molar-refractivity contribution in [2.45, 2.75) is 98.9 Å². The van der Waals surface area contributed by atoms with E-state index in [1.807, 2.05) is 89.2 Å². The van der Waals surface area contributed by atoms with Crippen LogP contribution in [0.2, 0.25) is 0 Å². The third-order valence-corrected chi connectivity index (χ3v) is 8.24. The maximum Gasteiger partial charge on any atom is 0.251 e. The molecule has 8 nitrogen and oxygen atoms in total. The summed E-state index contributed by atoms with van der Waals surface area (Å²) >= 11 is 0. The molecule has 2 amide bonds. The average molecular weight is 611 g/mol. The Bertz CT molecular complexity index is 1150. The first kappa shape index (κ1) is 37.4. The van der Waals surface area contributed by atoms with Crippen molar-refractivity contribution in [3.8, 4) is 11.1 Å². The van der Waals surface area contributed by atoms with Gasteiger partial charge in [0.2, 0.25) is 5.91 Å². The van der Waals surface area contributed by atoms with Crippen LogP contribution >= 0.6 is 0 Å². The number of hydroxylamine groups is 2. The van der Waals surface area contributed by atoms with Crippen LogP contribution in [0.15, 0.2) is 48.5 Å². The number of benzene rings is 2. The summed E-state index contributed by atoms with van der Waals surface area (Å²) < 4.78 is 0. The number of nitrogens with zero attached hydrogens (tertiary/aromatic N) is 2. The molecule has 3 N–H and O–H groups in total. The van der Waals surface area contributed by atoms with Gasteiger partial charge < -0.3 is 20.6 Å². The number of hydrogen-bond donors (Lipinski definition) is 3. The largest absolute Gasteiger partial charge is 0.394 e. The molecule has 0 radical (unpaired) electrons. The Kier molecular flexibility index (Phi) is 15.5. The number of nitrogens with one attached hydrogen (secondary N) is 2. The van der Waals surface area contributed by atoms with Crippen LogP contribution in [-0.2, 0) is 16.2 Å². The summed E-state index contributed by atoms with van der Waals surface area (Å²) in [5.74, 6) is 0.315. The van der Waals surface area contributed by atoms with Crippen LogP contribution in [0.5, 0.6) is 0 Å². The second kappa shape index (κ2) is 18.3. The minimum absolute atomic E-state index is 0.0249. The molecule has 0 bridgehead atoms. The van der Waals surface area contributed by atoms with E-state index in [1.165, 1.54) is 0 Å². The highest BCUT2D eigenvalue weighted by Gasteiger charge is 2.40. The number of carbonyl (C=O) groups excluding carboxylic acids is 2. The van der Waals surface area contributed by atoms with Gasteiger partial charge in [-0.2, -0.15) is 5.06 Å². The zero-order valence-corrected chi connectivity index (χ0v) is 28.7. The van der Waals surface area contributed by atoms with E-state index in [0.29, 0.717) is 36.4 Å². The summed E-state index contributed by atoms with van der Waals surface area (Å²) in [4.78, 5) is 33.9. The number of rotatable bonds is 10. The molecule has 2 aromatic rings. The topological polar surface area (TPSA) is 94.1 Å². The Labute approximate surface area is 266 Å². The number of amides is 2. The van der Waals surface area contributed by atoms with Crippen molar-refractivity contribution in [1.82, 2.24) is 20.6 Å². The molecule has 8 heteroatoms. The number of aliphatic hydroxyl groups is 1. The van der Waals surface area contributed by atoms with Crippen LogP contribution < -0.4 is 10.6 Å². The predicted molar refractivity (Wildman–Crippen MR) is 180 cm³/mol. The van der Waals surface area contributed by atoms with E-state index in [1.54, 1.807) is 5.06 Å². The molecule has 1 aliphatic carbocycles. The molecule has 2 aliphatic rings. The molecule has 1 heterocycles. The van der Waals surface area contributed by atoms with Crippen LogP contribution in [0.3, 0.4) is 0 Å². The van der Waals surface area contributed by atoms with Crippen molar-refractivity contribution >= 4 is 11.8 Å². The van der Waals surface area contributed by atoms with Gasteiger partial charge in [0.1, 0.15) is 12.1 Å². The van der Waals surface area contributed by atoms with E-state index in [4.69, 9.17) is 4.84 Å². The third kappa shape index (κ3) is 11.0. The molecule has 2 aromatic carbocycles. The van der Waals surface area contributed by atoms with Crippen LogP contribution in [0.4, 0.5) is 0 Å². The van der Waals surface area contributed by atoms with Crippen molar-refractivity contribution < 1.29 is 19.5 Å². The van der Waals surface area contributed by atoms with E-state index in [9.17, 15) is 14.7 Å². The maximum atomic E-state index is 13.4. The highest BCUT2D eigenvalue weighted by Crippen LogP contribution is 2.38. The fourth-order valence-corrected chi connectivity index (χ4v) is 5.95. The van der Waals surface area contributed by atoms with E-state index in [2.05, 4.69) is 37.5 Å². The predicted octanol–water partition coefficient (Wildman–Crippen LogP) is 5.90. The molecule has 0 aromatic heterocycles. The fourth-order valence-electron chi connectivity index (χ4n) is 5.95.